The monoisotopic (exact) mass is 145 g/mol. The standard InChI is InChI=1S/C7H12ClN/c1-9-4-2-3-7(5-8)6-9/h3H,2,4-6H2,1H3. The van der Waals surface area contributed by atoms with Gasteiger partial charge in [0.15, 0.2) is 0 Å². The van der Waals surface area contributed by atoms with Gasteiger partial charge in [-0.1, -0.05) is 6.08 Å². The van der Waals surface area contributed by atoms with Crippen molar-refractivity contribution in [3.05, 3.63) is 11.6 Å². The molecule has 0 radical (unpaired) electrons. The molecule has 0 N–H and O–H groups in total. The van der Waals surface area contributed by atoms with E-state index in [0.29, 0.717) is 5.88 Å². The zero-order valence-corrected chi connectivity index (χ0v) is 6.49. The van der Waals surface area contributed by atoms with E-state index in [9.17, 15) is 0 Å². The fraction of sp³-hybridized carbons (Fsp3) is 0.714. The number of nitrogens with zero attached hydrogens (tertiary/aromatic N) is 1. The molecule has 9 heavy (non-hydrogen) atoms. The molecule has 0 aromatic rings. The van der Waals surface area contributed by atoms with Crippen LogP contribution in [0, 0.1) is 0 Å². The summed E-state index contributed by atoms with van der Waals surface area (Å²) in [6.07, 6.45) is 3.41. The maximum Gasteiger partial charge on any atom is 0.0445 e. The molecular formula is C7H12ClN. The lowest BCUT2D eigenvalue weighted by molar-refractivity contribution is 0.355. The number of hydrogen-bond acceptors (Lipinski definition) is 1. The average molecular weight is 146 g/mol. The lowest BCUT2D eigenvalue weighted by Crippen LogP contribution is -2.25. The molecule has 0 spiro atoms. The molecule has 0 aliphatic carbocycles. The van der Waals surface area contributed by atoms with E-state index in [0.717, 1.165) is 6.54 Å². The van der Waals surface area contributed by atoms with Crippen LogP contribution >= 0.6 is 11.6 Å². The van der Waals surface area contributed by atoms with Crippen molar-refractivity contribution in [2.45, 2.75) is 6.42 Å². The molecule has 0 saturated carbocycles. The van der Waals surface area contributed by atoms with Crippen molar-refractivity contribution in [2.24, 2.45) is 0 Å². The number of likely N-dealkylation sites (N-methyl/N-ethyl adjacent to an activating group) is 1. The molecule has 0 saturated heterocycles. The minimum Gasteiger partial charge on any atom is -0.302 e. The Morgan fingerprint density at radius 1 is 1.78 bits per heavy atom. The van der Waals surface area contributed by atoms with E-state index in [1.807, 2.05) is 0 Å². The summed E-state index contributed by atoms with van der Waals surface area (Å²) >= 11 is 5.65. The summed E-state index contributed by atoms with van der Waals surface area (Å²) in [4.78, 5) is 2.29. The molecule has 0 bridgehead atoms. The largest absolute Gasteiger partial charge is 0.302 e. The molecule has 1 heterocycles. The summed E-state index contributed by atoms with van der Waals surface area (Å²) in [5.74, 6) is 0.699. The highest BCUT2D eigenvalue weighted by Crippen LogP contribution is 2.08. The van der Waals surface area contributed by atoms with Gasteiger partial charge >= 0.3 is 0 Å². The van der Waals surface area contributed by atoms with Crippen LogP contribution in [0.4, 0.5) is 0 Å². The van der Waals surface area contributed by atoms with Gasteiger partial charge in [0.1, 0.15) is 0 Å². The topological polar surface area (TPSA) is 3.24 Å². The van der Waals surface area contributed by atoms with E-state index in [1.54, 1.807) is 0 Å². The molecule has 0 fully saturated rings. The van der Waals surface area contributed by atoms with Crippen LogP contribution in [-0.4, -0.2) is 30.9 Å². The van der Waals surface area contributed by atoms with Crippen LogP contribution in [0.2, 0.25) is 0 Å². The Bertz CT molecular complexity index is 120. The van der Waals surface area contributed by atoms with Crippen LogP contribution in [0.25, 0.3) is 0 Å². The first-order valence-electron chi connectivity index (χ1n) is 3.25. The van der Waals surface area contributed by atoms with Crippen molar-refractivity contribution in [1.82, 2.24) is 4.90 Å². The molecule has 0 amide bonds. The van der Waals surface area contributed by atoms with Crippen molar-refractivity contribution >= 4 is 11.6 Å². The Kier molecular flexibility index (Phi) is 2.55. The van der Waals surface area contributed by atoms with Gasteiger partial charge in [-0.25, -0.2) is 0 Å². The van der Waals surface area contributed by atoms with Gasteiger partial charge in [0, 0.05) is 19.0 Å². The Labute approximate surface area is 61.3 Å². The van der Waals surface area contributed by atoms with Crippen molar-refractivity contribution < 1.29 is 0 Å². The molecule has 1 rings (SSSR count). The third-order valence-electron chi connectivity index (χ3n) is 1.59. The van der Waals surface area contributed by atoms with Gasteiger partial charge in [-0.05, 0) is 19.0 Å². The lowest BCUT2D eigenvalue weighted by atomic mass is 10.1. The van der Waals surface area contributed by atoms with Gasteiger partial charge < -0.3 is 4.90 Å². The van der Waals surface area contributed by atoms with Crippen molar-refractivity contribution in [2.75, 3.05) is 26.0 Å². The van der Waals surface area contributed by atoms with Gasteiger partial charge in [-0.15, -0.1) is 11.6 Å². The molecule has 1 aliphatic rings. The predicted molar refractivity (Wildman–Crippen MR) is 40.9 cm³/mol. The minimum absolute atomic E-state index is 0.699. The number of alkyl halides is 1. The minimum atomic E-state index is 0.699. The van der Waals surface area contributed by atoms with E-state index in [2.05, 4.69) is 18.0 Å². The summed E-state index contributed by atoms with van der Waals surface area (Å²) in [7, 11) is 2.12. The van der Waals surface area contributed by atoms with Crippen LogP contribution < -0.4 is 0 Å². The van der Waals surface area contributed by atoms with Crippen molar-refractivity contribution in [3.63, 3.8) is 0 Å². The number of halogens is 1. The van der Waals surface area contributed by atoms with Gasteiger partial charge in [-0.3, -0.25) is 0 Å². The molecule has 0 atom stereocenters. The fourth-order valence-electron chi connectivity index (χ4n) is 1.08. The van der Waals surface area contributed by atoms with Crippen molar-refractivity contribution in [3.8, 4) is 0 Å². The van der Waals surface area contributed by atoms with Crippen LogP contribution in [0.15, 0.2) is 11.6 Å². The molecule has 2 heteroatoms. The highest BCUT2D eigenvalue weighted by Gasteiger charge is 2.05. The summed E-state index contributed by atoms with van der Waals surface area (Å²) in [5.41, 5.74) is 1.37. The zero-order chi connectivity index (χ0) is 6.69. The van der Waals surface area contributed by atoms with Crippen LogP contribution in [0.5, 0.6) is 0 Å². The maximum absolute atomic E-state index is 5.65. The molecule has 0 unspecified atom stereocenters. The first kappa shape index (κ1) is 7.10. The van der Waals surface area contributed by atoms with Crippen LogP contribution in [-0.2, 0) is 0 Å². The number of hydrogen-bond donors (Lipinski definition) is 0. The smallest absolute Gasteiger partial charge is 0.0445 e. The maximum atomic E-state index is 5.65. The Morgan fingerprint density at radius 2 is 2.56 bits per heavy atom. The van der Waals surface area contributed by atoms with E-state index < -0.39 is 0 Å². The predicted octanol–water partition coefficient (Wildman–Crippen LogP) is 1.49. The zero-order valence-electron chi connectivity index (χ0n) is 5.73. The first-order valence-corrected chi connectivity index (χ1v) is 3.79. The summed E-state index contributed by atoms with van der Waals surface area (Å²) in [6.45, 7) is 2.24. The van der Waals surface area contributed by atoms with Gasteiger partial charge in [-0.2, -0.15) is 0 Å². The second-order valence-corrected chi connectivity index (χ2v) is 2.79. The summed E-state index contributed by atoms with van der Waals surface area (Å²) in [6, 6.07) is 0. The summed E-state index contributed by atoms with van der Waals surface area (Å²) in [5, 5.41) is 0. The fourth-order valence-corrected chi connectivity index (χ4v) is 1.27. The van der Waals surface area contributed by atoms with Gasteiger partial charge in [0.05, 0.1) is 0 Å². The van der Waals surface area contributed by atoms with E-state index in [4.69, 9.17) is 11.6 Å². The third kappa shape index (κ3) is 1.99. The average Bonchev–Trinajstić information content (AvgIpc) is 1.88. The highest BCUT2D eigenvalue weighted by molar-refractivity contribution is 6.19. The quantitative estimate of drug-likeness (QED) is 0.399. The SMILES string of the molecule is CN1CCC=C(CCl)C1. The van der Waals surface area contributed by atoms with E-state index >= 15 is 0 Å². The molecule has 52 valence electrons. The van der Waals surface area contributed by atoms with Crippen LogP contribution in [0.3, 0.4) is 0 Å². The molecule has 0 aromatic carbocycles. The van der Waals surface area contributed by atoms with E-state index in [-0.39, 0.29) is 0 Å². The molecule has 0 aromatic heterocycles. The van der Waals surface area contributed by atoms with Gasteiger partial charge in [0.25, 0.3) is 0 Å². The molecule has 1 nitrogen and oxygen atoms in total. The molecule has 1 aliphatic heterocycles. The highest BCUT2D eigenvalue weighted by atomic mass is 35.5. The van der Waals surface area contributed by atoms with Gasteiger partial charge in [0.2, 0.25) is 0 Å². The third-order valence-corrected chi connectivity index (χ3v) is 1.93. The second-order valence-electron chi connectivity index (χ2n) is 2.52. The Morgan fingerprint density at radius 3 is 3.00 bits per heavy atom. The summed E-state index contributed by atoms with van der Waals surface area (Å²) < 4.78 is 0. The molecular weight excluding hydrogens is 134 g/mol. The Hall–Kier alpha value is -0.0100. The van der Waals surface area contributed by atoms with Crippen molar-refractivity contribution in [1.29, 1.82) is 0 Å². The number of rotatable bonds is 1. The van der Waals surface area contributed by atoms with Crippen LogP contribution in [0.1, 0.15) is 6.42 Å². The second kappa shape index (κ2) is 3.23. The lowest BCUT2D eigenvalue weighted by Gasteiger charge is -2.21. The normalized spacial score (nSPS) is 21.8. The first-order chi connectivity index (χ1) is 4.33. The Balaban J connectivity index is 2.43. The van der Waals surface area contributed by atoms with E-state index in [1.165, 1.54) is 18.5 Å².